The number of benzene rings is 1. The van der Waals surface area contributed by atoms with E-state index in [1.807, 2.05) is 13.0 Å². The Hall–Kier alpha value is -1.72. The summed E-state index contributed by atoms with van der Waals surface area (Å²) < 4.78 is 12.3. The van der Waals surface area contributed by atoms with Crippen molar-refractivity contribution in [3.63, 3.8) is 0 Å². The van der Waals surface area contributed by atoms with Crippen molar-refractivity contribution in [3.05, 3.63) is 58.4 Å². The van der Waals surface area contributed by atoms with Gasteiger partial charge in [0.25, 0.3) is 0 Å². The molecule has 1 atom stereocenters. The molecule has 0 fully saturated rings. The Bertz CT molecular complexity index is 688. The summed E-state index contributed by atoms with van der Waals surface area (Å²) in [6.07, 6.45) is 3.37. The Labute approximate surface area is 123 Å². The summed E-state index contributed by atoms with van der Waals surface area (Å²) in [7, 11) is -1.34. The zero-order valence-corrected chi connectivity index (χ0v) is 12.2. The Kier molecular flexibility index (Phi) is 4.52. The van der Waals surface area contributed by atoms with Crippen LogP contribution < -0.4 is 0 Å². The molecule has 4 nitrogen and oxygen atoms in total. The Morgan fingerprint density at radius 3 is 2.75 bits per heavy atom. The SMILES string of the molecule is Cc1cncc(CS(=O)c2ccc(Cl)c(C(=O)O)c2)c1. The van der Waals surface area contributed by atoms with Gasteiger partial charge >= 0.3 is 5.97 Å². The number of nitrogens with zero attached hydrogens (tertiary/aromatic N) is 1. The van der Waals surface area contributed by atoms with Crippen LogP contribution in [0.1, 0.15) is 21.5 Å². The molecule has 0 bridgehead atoms. The van der Waals surface area contributed by atoms with Crippen molar-refractivity contribution < 1.29 is 14.1 Å². The topological polar surface area (TPSA) is 67.3 Å². The second-order valence-corrected chi connectivity index (χ2v) is 6.17. The molecular formula is C14H12ClNO3S. The summed E-state index contributed by atoms with van der Waals surface area (Å²) in [5, 5.41) is 9.14. The normalized spacial score (nSPS) is 12.1. The fourth-order valence-electron chi connectivity index (χ4n) is 1.74. The highest BCUT2D eigenvalue weighted by atomic mass is 35.5. The molecule has 0 aliphatic carbocycles. The maximum absolute atomic E-state index is 12.3. The van der Waals surface area contributed by atoms with E-state index >= 15 is 0 Å². The molecule has 0 radical (unpaired) electrons. The lowest BCUT2D eigenvalue weighted by atomic mass is 10.2. The fraction of sp³-hybridized carbons (Fsp3) is 0.143. The minimum atomic E-state index is -1.34. The second-order valence-electron chi connectivity index (χ2n) is 4.31. The predicted molar refractivity (Wildman–Crippen MR) is 77.5 cm³/mol. The number of carboxylic acids is 1. The number of pyridine rings is 1. The molecule has 0 saturated heterocycles. The Morgan fingerprint density at radius 1 is 1.35 bits per heavy atom. The van der Waals surface area contributed by atoms with Gasteiger partial charge in [-0.15, -0.1) is 0 Å². The van der Waals surface area contributed by atoms with Crippen molar-refractivity contribution in [1.82, 2.24) is 4.98 Å². The molecule has 1 unspecified atom stereocenters. The van der Waals surface area contributed by atoms with Crippen molar-refractivity contribution >= 4 is 28.4 Å². The number of halogens is 1. The van der Waals surface area contributed by atoms with Gasteiger partial charge in [0.15, 0.2) is 0 Å². The van der Waals surface area contributed by atoms with Crippen molar-refractivity contribution in [2.75, 3.05) is 0 Å². The van der Waals surface area contributed by atoms with Crippen LogP contribution in [0.5, 0.6) is 0 Å². The zero-order chi connectivity index (χ0) is 14.7. The highest BCUT2D eigenvalue weighted by molar-refractivity contribution is 7.84. The zero-order valence-electron chi connectivity index (χ0n) is 10.7. The van der Waals surface area contributed by atoms with E-state index in [1.54, 1.807) is 18.5 Å². The minimum Gasteiger partial charge on any atom is -0.478 e. The fourth-order valence-corrected chi connectivity index (χ4v) is 3.04. The maximum Gasteiger partial charge on any atom is 0.337 e. The van der Waals surface area contributed by atoms with E-state index in [0.717, 1.165) is 11.1 Å². The van der Waals surface area contributed by atoms with Crippen LogP contribution >= 0.6 is 11.6 Å². The molecule has 0 spiro atoms. The average Bonchev–Trinajstić information content (AvgIpc) is 2.38. The summed E-state index contributed by atoms with van der Waals surface area (Å²) in [6, 6.07) is 6.28. The summed E-state index contributed by atoms with van der Waals surface area (Å²) in [6.45, 7) is 1.91. The summed E-state index contributed by atoms with van der Waals surface area (Å²) in [5.74, 6) is -0.846. The Morgan fingerprint density at radius 2 is 2.10 bits per heavy atom. The average molecular weight is 310 g/mol. The van der Waals surface area contributed by atoms with Crippen LogP contribution in [0.15, 0.2) is 41.6 Å². The number of hydrogen-bond donors (Lipinski definition) is 1. The van der Waals surface area contributed by atoms with Crippen molar-refractivity contribution in [2.24, 2.45) is 0 Å². The first-order valence-electron chi connectivity index (χ1n) is 5.79. The van der Waals surface area contributed by atoms with Gasteiger partial charge in [0, 0.05) is 17.3 Å². The number of aromatic carboxylic acids is 1. The molecule has 1 aromatic carbocycles. The van der Waals surface area contributed by atoms with E-state index in [0.29, 0.717) is 4.90 Å². The highest BCUT2D eigenvalue weighted by Crippen LogP contribution is 2.21. The number of aromatic nitrogens is 1. The monoisotopic (exact) mass is 309 g/mol. The van der Waals surface area contributed by atoms with Gasteiger partial charge in [0.2, 0.25) is 0 Å². The van der Waals surface area contributed by atoms with Gasteiger partial charge in [-0.25, -0.2) is 4.79 Å². The first kappa shape index (κ1) is 14.7. The summed E-state index contributed by atoms with van der Waals surface area (Å²) >= 11 is 5.79. The Balaban J connectivity index is 2.26. The predicted octanol–water partition coefficient (Wildman–Crippen LogP) is 3.05. The van der Waals surface area contributed by atoms with E-state index in [9.17, 15) is 9.00 Å². The van der Waals surface area contributed by atoms with E-state index in [4.69, 9.17) is 16.7 Å². The number of carboxylic acid groups (broad SMARTS) is 1. The molecule has 0 amide bonds. The number of aryl methyl sites for hydroxylation is 1. The van der Waals surface area contributed by atoms with Crippen LogP contribution in [-0.2, 0) is 16.6 Å². The summed E-state index contributed by atoms with van der Waals surface area (Å²) in [5.41, 5.74) is 1.79. The van der Waals surface area contributed by atoms with Crippen molar-refractivity contribution in [2.45, 2.75) is 17.6 Å². The molecule has 1 aromatic heterocycles. The van der Waals surface area contributed by atoms with E-state index in [1.165, 1.54) is 12.1 Å². The van der Waals surface area contributed by atoms with Gasteiger partial charge in [-0.05, 0) is 36.2 Å². The molecule has 20 heavy (non-hydrogen) atoms. The van der Waals surface area contributed by atoms with Crippen LogP contribution in [0.25, 0.3) is 0 Å². The molecule has 6 heteroatoms. The van der Waals surface area contributed by atoms with Crippen LogP contribution in [-0.4, -0.2) is 20.3 Å². The molecule has 2 rings (SSSR count). The van der Waals surface area contributed by atoms with E-state index in [2.05, 4.69) is 4.98 Å². The molecule has 2 aromatic rings. The number of hydrogen-bond acceptors (Lipinski definition) is 3. The molecule has 0 aliphatic rings. The van der Waals surface area contributed by atoms with Gasteiger partial charge in [0.1, 0.15) is 0 Å². The highest BCUT2D eigenvalue weighted by Gasteiger charge is 2.13. The minimum absolute atomic E-state index is 0.0418. The standard InChI is InChI=1S/C14H12ClNO3S/c1-9-4-10(7-16-6-9)8-20(19)11-2-3-13(15)12(5-11)14(17)18/h2-7H,8H2,1H3,(H,17,18). The van der Waals surface area contributed by atoms with Crippen LogP contribution in [0, 0.1) is 6.92 Å². The summed E-state index contributed by atoms with van der Waals surface area (Å²) in [4.78, 5) is 15.5. The molecule has 104 valence electrons. The van der Waals surface area contributed by atoms with Crippen LogP contribution in [0.4, 0.5) is 0 Å². The lowest BCUT2D eigenvalue weighted by molar-refractivity contribution is 0.0697. The smallest absolute Gasteiger partial charge is 0.337 e. The first-order chi connectivity index (χ1) is 9.47. The number of rotatable bonds is 4. The lowest BCUT2D eigenvalue weighted by Crippen LogP contribution is -2.02. The van der Waals surface area contributed by atoms with Gasteiger partial charge in [-0.2, -0.15) is 0 Å². The number of carbonyl (C=O) groups is 1. The molecule has 1 heterocycles. The molecule has 0 saturated carbocycles. The van der Waals surface area contributed by atoms with Crippen molar-refractivity contribution in [1.29, 1.82) is 0 Å². The maximum atomic E-state index is 12.3. The second kappa shape index (κ2) is 6.15. The van der Waals surface area contributed by atoms with Crippen LogP contribution in [0.2, 0.25) is 5.02 Å². The molecule has 0 aliphatic heterocycles. The van der Waals surface area contributed by atoms with E-state index in [-0.39, 0.29) is 16.3 Å². The third-order valence-corrected chi connectivity index (χ3v) is 4.37. The third-order valence-electron chi connectivity index (χ3n) is 2.66. The van der Waals surface area contributed by atoms with Gasteiger partial charge in [0.05, 0.1) is 27.1 Å². The van der Waals surface area contributed by atoms with Gasteiger partial charge < -0.3 is 5.11 Å². The lowest BCUT2D eigenvalue weighted by Gasteiger charge is -2.05. The van der Waals surface area contributed by atoms with E-state index < -0.39 is 16.8 Å². The van der Waals surface area contributed by atoms with Crippen LogP contribution in [0.3, 0.4) is 0 Å². The van der Waals surface area contributed by atoms with Gasteiger partial charge in [-0.1, -0.05) is 17.7 Å². The quantitative estimate of drug-likeness (QED) is 0.942. The molecule has 1 N–H and O–H groups in total. The molecular weight excluding hydrogens is 298 g/mol. The third kappa shape index (κ3) is 3.43. The first-order valence-corrected chi connectivity index (χ1v) is 7.49. The van der Waals surface area contributed by atoms with Crippen molar-refractivity contribution in [3.8, 4) is 0 Å². The van der Waals surface area contributed by atoms with Gasteiger partial charge in [-0.3, -0.25) is 9.19 Å². The largest absolute Gasteiger partial charge is 0.478 e.